The van der Waals surface area contributed by atoms with Crippen LogP contribution in [0, 0.1) is 11.8 Å². The zero-order valence-electron chi connectivity index (χ0n) is 12.9. The number of nitrogens with zero attached hydrogens (tertiary/aromatic N) is 2. The third kappa shape index (κ3) is 4.15. The number of rotatable bonds is 4. The zero-order chi connectivity index (χ0) is 13.8. The quantitative estimate of drug-likeness (QED) is 0.595. The maximum Gasteiger partial charge on any atom is 0.0254 e. The number of hydrazine groups is 1. The molecule has 4 nitrogen and oxygen atoms in total. The van der Waals surface area contributed by atoms with Gasteiger partial charge in [-0.3, -0.25) is 11.3 Å². The van der Waals surface area contributed by atoms with Crippen molar-refractivity contribution in [3.8, 4) is 0 Å². The minimum absolute atomic E-state index is 0.488. The van der Waals surface area contributed by atoms with E-state index in [-0.39, 0.29) is 0 Å². The number of nitrogens with one attached hydrogen (secondary N) is 1. The van der Waals surface area contributed by atoms with Crippen LogP contribution >= 0.6 is 0 Å². The van der Waals surface area contributed by atoms with Crippen molar-refractivity contribution >= 4 is 0 Å². The van der Waals surface area contributed by atoms with Crippen molar-refractivity contribution in [3.63, 3.8) is 0 Å². The number of nitrogens with two attached hydrogens (primary N) is 1. The van der Waals surface area contributed by atoms with Gasteiger partial charge in [0.05, 0.1) is 0 Å². The minimum Gasteiger partial charge on any atom is -0.304 e. The largest absolute Gasteiger partial charge is 0.304 e. The van der Waals surface area contributed by atoms with Crippen LogP contribution in [0.4, 0.5) is 0 Å². The zero-order valence-corrected chi connectivity index (χ0v) is 12.9. The average molecular weight is 268 g/mol. The minimum atomic E-state index is 0.488. The fraction of sp³-hybridized carbons (Fsp3) is 1.00. The molecule has 0 amide bonds. The van der Waals surface area contributed by atoms with Gasteiger partial charge in [0.1, 0.15) is 0 Å². The second-order valence-electron chi connectivity index (χ2n) is 6.94. The molecule has 2 aliphatic rings. The third-order valence-corrected chi connectivity index (χ3v) is 5.27. The first-order valence-electron chi connectivity index (χ1n) is 7.95. The second-order valence-corrected chi connectivity index (χ2v) is 6.94. The summed E-state index contributed by atoms with van der Waals surface area (Å²) in [6.45, 7) is 5.94. The molecule has 1 aliphatic carbocycles. The van der Waals surface area contributed by atoms with Crippen LogP contribution in [0.15, 0.2) is 0 Å². The Morgan fingerprint density at radius 3 is 2.74 bits per heavy atom. The fourth-order valence-electron chi connectivity index (χ4n) is 3.89. The highest BCUT2D eigenvalue weighted by Crippen LogP contribution is 2.32. The summed E-state index contributed by atoms with van der Waals surface area (Å²) in [4.78, 5) is 4.96. The molecule has 4 heteroatoms. The fourth-order valence-corrected chi connectivity index (χ4v) is 3.89. The Bertz CT molecular complexity index is 271. The third-order valence-electron chi connectivity index (χ3n) is 5.27. The van der Waals surface area contributed by atoms with Crippen molar-refractivity contribution in [2.75, 3.05) is 33.7 Å². The first-order valence-corrected chi connectivity index (χ1v) is 7.95. The lowest BCUT2D eigenvalue weighted by Gasteiger charge is -2.41. The smallest absolute Gasteiger partial charge is 0.0254 e. The van der Waals surface area contributed by atoms with Gasteiger partial charge in [-0.25, -0.2) is 0 Å². The molecular weight excluding hydrogens is 236 g/mol. The molecule has 1 aliphatic heterocycles. The van der Waals surface area contributed by atoms with Crippen LogP contribution in [0.1, 0.15) is 39.0 Å². The summed E-state index contributed by atoms with van der Waals surface area (Å²) >= 11 is 0. The molecule has 1 saturated heterocycles. The summed E-state index contributed by atoms with van der Waals surface area (Å²) in [5, 5.41) is 0. The van der Waals surface area contributed by atoms with Gasteiger partial charge in [-0.15, -0.1) is 0 Å². The first kappa shape index (κ1) is 15.2. The van der Waals surface area contributed by atoms with Gasteiger partial charge >= 0.3 is 0 Å². The molecule has 0 aromatic heterocycles. The predicted octanol–water partition coefficient (Wildman–Crippen LogP) is 1.28. The van der Waals surface area contributed by atoms with Crippen LogP contribution in [0.5, 0.6) is 0 Å². The van der Waals surface area contributed by atoms with E-state index in [1.165, 1.54) is 51.7 Å². The summed E-state index contributed by atoms with van der Waals surface area (Å²) in [5.74, 6) is 7.51. The van der Waals surface area contributed by atoms with Gasteiger partial charge in [0.2, 0.25) is 0 Å². The summed E-state index contributed by atoms with van der Waals surface area (Å²) in [6, 6.07) is 1.14. The van der Waals surface area contributed by atoms with E-state index in [1.54, 1.807) is 0 Å². The van der Waals surface area contributed by atoms with Gasteiger partial charge in [0, 0.05) is 31.7 Å². The van der Waals surface area contributed by atoms with Crippen molar-refractivity contribution in [2.24, 2.45) is 17.7 Å². The van der Waals surface area contributed by atoms with Crippen LogP contribution in [0.25, 0.3) is 0 Å². The molecule has 0 bridgehead atoms. The van der Waals surface area contributed by atoms with Gasteiger partial charge in [0.25, 0.3) is 0 Å². The molecule has 2 rings (SSSR count). The first-order chi connectivity index (χ1) is 9.10. The Balaban J connectivity index is 1.90. The van der Waals surface area contributed by atoms with Crippen LogP contribution in [0.2, 0.25) is 0 Å². The molecule has 0 aromatic carbocycles. The Labute approximate surface area is 118 Å². The van der Waals surface area contributed by atoms with Gasteiger partial charge in [0.15, 0.2) is 0 Å². The SMILES string of the molecule is CC1CCCC(C(CC2CN(C)CCN2C)NN)C1. The molecular formula is C15H32N4. The van der Waals surface area contributed by atoms with Crippen molar-refractivity contribution in [1.82, 2.24) is 15.2 Å². The molecule has 3 N–H and O–H groups in total. The van der Waals surface area contributed by atoms with E-state index in [9.17, 15) is 0 Å². The summed E-state index contributed by atoms with van der Waals surface area (Å²) in [6.07, 6.45) is 6.67. The van der Waals surface area contributed by atoms with Crippen LogP contribution < -0.4 is 11.3 Å². The normalized spacial score (nSPS) is 36.3. The monoisotopic (exact) mass is 268 g/mol. The maximum absolute atomic E-state index is 5.86. The van der Waals surface area contributed by atoms with Gasteiger partial charge in [-0.2, -0.15) is 0 Å². The van der Waals surface area contributed by atoms with Crippen LogP contribution in [0.3, 0.4) is 0 Å². The van der Waals surface area contributed by atoms with Gasteiger partial charge in [-0.05, 0) is 45.2 Å². The number of piperazine rings is 1. The van der Waals surface area contributed by atoms with E-state index < -0.39 is 0 Å². The average Bonchev–Trinajstić information content (AvgIpc) is 2.39. The Kier molecular flexibility index (Phi) is 5.63. The molecule has 1 heterocycles. The molecule has 19 heavy (non-hydrogen) atoms. The van der Waals surface area contributed by atoms with E-state index in [1.807, 2.05) is 0 Å². The predicted molar refractivity (Wildman–Crippen MR) is 80.8 cm³/mol. The number of hydrogen-bond donors (Lipinski definition) is 2. The molecule has 2 fully saturated rings. The molecule has 0 radical (unpaired) electrons. The highest BCUT2D eigenvalue weighted by molar-refractivity contribution is 4.87. The summed E-state index contributed by atoms with van der Waals surface area (Å²) in [7, 11) is 4.49. The van der Waals surface area contributed by atoms with E-state index in [0.717, 1.165) is 11.8 Å². The summed E-state index contributed by atoms with van der Waals surface area (Å²) in [5.41, 5.74) is 3.13. The van der Waals surface area contributed by atoms with Crippen molar-refractivity contribution in [1.29, 1.82) is 0 Å². The lowest BCUT2D eigenvalue weighted by Crippen LogP contribution is -2.54. The standard InChI is InChI=1S/C15H32N4/c1-12-5-4-6-13(9-12)15(17-16)10-14-11-18(2)7-8-19(14)3/h12-15,17H,4-11,16H2,1-3H3. The van der Waals surface area contributed by atoms with Gasteiger partial charge < -0.3 is 9.80 Å². The molecule has 0 aromatic rings. The van der Waals surface area contributed by atoms with Gasteiger partial charge in [-0.1, -0.05) is 19.8 Å². The Hall–Kier alpha value is -0.160. The maximum atomic E-state index is 5.86. The molecule has 0 spiro atoms. The Morgan fingerprint density at radius 1 is 1.26 bits per heavy atom. The highest BCUT2D eigenvalue weighted by atomic mass is 15.3. The van der Waals surface area contributed by atoms with Crippen LogP contribution in [-0.2, 0) is 0 Å². The van der Waals surface area contributed by atoms with Crippen LogP contribution in [-0.4, -0.2) is 55.6 Å². The summed E-state index contributed by atoms with van der Waals surface area (Å²) < 4.78 is 0. The number of likely N-dealkylation sites (N-methyl/N-ethyl adjacent to an activating group) is 2. The molecule has 1 saturated carbocycles. The molecule has 4 unspecified atom stereocenters. The number of hydrogen-bond acceptors (Lipinski definition) is 4. The molecule has 112 valence electrons. The van der Waals surface area contributed by atoms with E-state index >= 15 is 0 Å². The lowest BCUT2D eigenvalue weighted by atomic mass is 9.77. The van der Waals surface area contributed by atoms with E-state index in [4.69, 9.17) is 5.84 Å². The van der Waals surface area contributed by atoms with E-state index in [2.05, 4.69) is 36.2 Å². The topological polar surface area (TPSA) is 44.5 Å². The van der Waals surface area contributed by atoms with Crippen molar-refractivity contribution in [3.05, 3.63) is 0 Å². The van der Waals surface area contributed by atoms with E-state index in [0.29, 0.717) is 12.1 Å². The Morgan fingerprint density at radius 2 is 2.05 bits per heavy atom. The highest BCUT2D eigenvalue weighted by Gasteiger charge is 2.31. The van der Waals surface area contributed by atoms with Crippen molar-refractivity contribution in [2.45, 2.75) is 51.1 Å². The van der Waals surface area contributed by atoms with Crippen molar-refractivity contribution < 1.29 is 0 Å². The molecule has 4 atom stereocenters. The second kappa shape index (κ2) is 7.02. The lowest BCUT2D eigenvalue weighted by molar-refractivity contribution is 0.0878.